The van der Waals surface area contributed by atoms with Gasteiger partial charge in [-0.25, -0.2) is 9.07 Å². The fraction of sp³-hybridized carbons (Fsp3) is 0.111. The highest BCUT2D eigenvalue weighted by atomic mass is 35.5. The lowest BCUT2D eigenvalue weighted by atomic mass is 10.3. The molecule has 15 heavy (non-hydrogen) atoms. The Balaban J connectivity index is 2.55. The molecule has 0 bridgehead atoms. The zero-order valence-corrected chi connectivity index (χ0v) is 8.66. The number of benzene rings is 1. The molecular formula is C9H8ClFN4. The third-order valence-electron chi connectivity index (χ3n) is 2.08. The Morgan fingerprint density at radius 2 is 2.20 bits per heavy atom. The molecule has 2 rings (SSSR count). The van der Waals surface area contributed by atoms with E-state index in [4.69, 9.17) is 17.3 Å². The average Bonchev–Trinajstić information content (AvgIpc) is 2.53. The second kappa shape index (κ2) is 3.51. The standard InChI is InChI=1S/C9H8ClFN4/c1-5-9(12)13-14-15(5)6-2-3-8(11)7(10)4-6/h2-4H,12H2,1H3. The normalized spacial score (nSPS) is 10.6. The quantitative estimate of drug-likeness (QED) is 0.809. The lowest BCUT2D eigenvalue weighted by molar-refractivity contribution is 0.627. The molecule has 1 heterocycles. The first-order valence-corrected chi connectivity index (χ1v) is 4.60. The van der Waals surface area contributed by atoms with Crippen LogP contribution in [0.4, 0.5) is 10.2 Å². The summed E-state index contributed by atoms with van der Waals surface area (Å²) in [5.74, 6) is -0.124. The molecule has 2 N–H and O–H groups in total. The molecule has 0 aliphatic carbocycles. The number of nitrogens with zero attached hydrogens (tertiary/aromatic N) is 3. The Kier molecular flexibility index (Phi) is 2.32. The van der Waals surface area contributed by atoms with Gasteiger partial charge in [0, 0.05) is 0 Å². The number of hydrogen-bond donors (Lipinski definition) is 1. The Morgan fingerprint density at radius 1 is 1.47 bits per heavy atom. The molecule has 0 radical (unpaired) electrons. The van der Waals surface area contributed by atoms with Gasteiger partial charge in [0.05, 0.1) is 16.4 Å². The van der Waals surface area contributed by atoms with E-state index in [-0.39, 0.29) is 5.02 Å². The maximum absolute atomic E-state index is 12.9. The topological polar surface area (TPSA) is 56.7 Å². The molecule has 0 amide bonds. The number of hydrogen-bond acceptors (Lipinski definition) is 3. The number of anilines is 1. The summed E-state index contributed by atoms with van der Waals surface area (Å²) in [7, 11) is 0. The molecule has 2 aromatic rings. The zero-order valence-electron chi connectivity index (χ0n) is 7.91. The van der Waals surface area contributed by atoms with Crippen molar-refractivity contribution in [2.45, 2.75) is 6.92 Å². The minimum Gasteiger partial charge on any atom is -0.381 e. The van der Waals surface area contributed by atoms with E-state index in [0.29, 0.717) is 17.2 Å². The molecule has 1 aromatic carbocycles. The predicted molar refractivity (Wildman–Crippen MR) is 55.5 cm³/mol. The number of rotatable bonds is 1. The van der Waals surface area contributed by atoms with Crippen molar-refractivity contribution in [3.05, 3.63) is 34.7 Å². The molecule has 0 atom stereocenters. The van der Waals surface area contributed by atoms with Crippen LogP contribution in [-0.4, -0.2) is 15.0 Å². The van der Waals surface area contributed by atoms with Gasteiger partial charge < -0.3 is 5.73 Å². The van der Waals surface area contributed by atoms with Crippen LogP contribution in [-0.2, 0) is 0 Å². The predicted octanol–water partition coefficient (Wildman–Crippen LogP) is 1.95. The van der Waals surface area contributed by atoms with E-state index in [9.17, 15) is 4.39 Å². The van der Waals surface area contributed by atoms with Crippen LogP contribution in [0.3, 0.4) is 0 Å². The van der Waals surface area contributed by atoms with Crippen molar-refractivity contribution in [1.82, 2.24) is 15.0 Å². The number of halogens is 2. The molecule has 1 aromatic heterocycles. The third kappa shape index (κ3) is 1.66. The summed E-state index contributed by atoms with van der Waals surface area (Å²) in [5.41, 5.74) is 6.86. The average molecular weight is 227 g/mol. The van der Waals surface area contributed by atoms with Crippen molar-refractivity contribution in [3.8, 4) is 5.69 Å². The summed E-state index contributed by atoms with van der Waals surface area (Å²) >= 11 is 5.66. The molecule has 0 aliphatic heterocycles. The second-order valence-corrected chi connectivity index (χ2v) is 3.48. The lowest BCUT2D eigenvalue weighted by Crippen LogP contribution is -2.00. The van der Waals surface area contributed by atoms with Crippen LogP contribution in [0.1, 0.15) is 5.69 Å². The Bertz CT molecular complexity index is 509. The summed E-state index contributed by atoms with van der Waals surface area (Å²) in [6.45, 7) is 1.77. The van der Waals surface area contributed by atoms with Crippen molar-refractivity contribution in [2.24, 2.45) is 0 Å². The molecule has 0 fully saturated rings. The first-order valence-electron chi connectivity index (χ1n) is 4.23. The van der Waals surface area contributed by atoms with E-state index >= 15 is 0 Å². The second-order valence-electron chi connectivity index (χ2n) is 3.07. The van der Waals surface area contributed by atoms with Crippen LogP contribution in [0.15, 0.2) is 18.2 Å². The van der Waals surface area contributed by atoms with E-state index in [1.807, 2.05) is 0 Å². The first-order chi connectivity index (χ1) is 7.09. The fourth-order valence-corrected chi connectivity index (χ4v) is 1.38. The molecule has 0 aliphatic rings. The van der Waals surface area contributed by atoms with Gasteiger partial charge in [0.2, 0.25) is 0 Å². The third-order valence-corrected chi connectivity index (χ3v) is 2.37. The summed E-state index contributed by atoms with van der Waals surface area (Å²) in [6, 6.07) is 4.30. The highest BCUT2D eigenvalue weighted by Crippen LogP contribution is 2.20. The lowest BCUT2D eigenvalue weighted by Gasteiger charge is -2.03. The summed E-state index contributed by atoms with van der Waals surface area (Å²) in [5, 5.41) is 7.56. The largest absolute Gasteiger partial charge is 0.381 e. The van der Waals surface area contributed by atoms with Gasteiger partial charge in [0.15, 0.2) is 5.82 Å². The minimum atomic E-state index is -0.467. The van der Waals surface area contributed by atoms with Crippen LogP contribution < -0.4 is 5.73 Å². The summed E-state index contributed by atoms with van der Waals surface area (Å²) in [4.78, 5) is 0. The van der Waals surface area contributed by atoms with Crippen molar-refractivity contribution in [1.29, 1.82) is 0 Å². The van der Waals surface area contributed by atoms with Gasteiger partial charge in [-0.2, -0.15) is 0 Å². The highest BCUT2D eigenvalue weighted by molar-refractivity contribution is 6.30. The summed E-state index contributed by atoms with van der Waals surface area (Å²) in [6.07, 6.45) is 0. The van der Waals surface area contributed by atoms with Crippen molar-refractivity contribution >= 4 is 17.4 Å². The van der Waals surface area contributed by atoms with Gasteiger partial charge in [-0.15, -0.1) is 5.10 Å². The van der Waals surface area contributed by atoms with E-state index < -0.39 is 5.82 Å². The smallest absolute Gasteiger partial charge is 0.169 e. The molecule has 6 heteroatoms. The van der Waals surface area contributed by atoms with Crippen molar-refractivity contribution in [3.63, 3.8) is 0 Å². The number of nitrogens with two attached hydrogens (primary N) is 1. The van der Waals surface area contributed by atoms with Gasteiger partial charge in [-0.1, -0.05) is 16.8 Å². The van der Waals surface area contributed by atoms with E-state index in [1.54, 1.807) is 13.0 Å². The molecule has 78 valence electrons. The Morgan fingerprint density at radius 3 is 2.73 bits per heavy atom. The van der Waals surface area contributed by atoms with Gasteiger partial charge in [0.1, 0.15) is 5.82 Å². The molecular weight excluding hydrogens is 219 g/mol. The van der Waals surface area contributed by atoms with Gasteiger partial charge in [0.25, 0.3) is 0 Å². The van der Waals surface area contributed by atoms with Crippen LogP contribution >= 0.6 is 11.6 Å². The fourth-order valence-electron chi connectivity index (χ4n) is 1.20. The van der Waals surface area contributed by atoms with Gasteiger partial charge in [-0.3, -0.25) is 0 Å². The highest BCUT2D eigenvalue weighted by Gasteiger charge is 2.08. The maximum Gasteiger partial charge on any atom is 0.169 e. The van der Waals surface area contributed by atoms with Crippen LogP contribution in [0, 0.1) is 12.7 Å². The van der Waals surface area contributed by atoms with E-state index in [0.717, 1.165) is 0 Å². The van der Waals surface area contributed by atoms with Crippen LogP contribution in [0.2, 0.25) is 5.02 Å². The van der Waals surface area contributed by atoms with Gasteiger partial charge >= 0.3 is 0 Å². The summed E-state index contributed by atoms with van der Waals surface area (Å²) < 4.78 is 14.4. The number of nitrogen functional groups attached to an aromatic ring is 1. The molecule has 4 nitrogen and oxygen atoms in total. The molecule has 0 spiro atoms. The van der Waals surface area contributed by atoms with E-state index in [2.05, 4.69) is 10.3 Å². The van der Waals surface area contributed by atoms with Crippen LogP contribution in [0.5, 0.6) is 0 Å². The monoisotopic (exact) mass is 226 g/mol. The Hall–Kier alpha value is -1.62. The molecule has 0 unspecified atom stereocenters. The zero-order chi connectivity index (χ0) is 11.0. The molecule has 0 saturated heterocycles. The van der Waals surface area contributed by atoms with Crippen molar-refractivity contribution < 1.29 is 4.39 Å². The van der Waals surface area contributed by atoms with Crippen molar-refractivity contribution in [2.75, 3.05) is 5.73 Å². The van der Waals surface area contributed by atoms with Gasteiger partial charge in [-0.05, 0) is 25.1 Å². The SMILES string of the molecule is Cc1c(N)nnn1-c1ccc(F)c(Cl)c1. The Labute approximate surface area is 90.5 Å². The maximum atomic E-state index is 12.9. The number of aromatic nitrogens is 3. The van der Waals surface area contributed by atoms with E-state index in [1.165, 1.54) is 16.8 Å². The molecule has 0 saturated carbocycles. The minimum absolute atomic E-state index is 0.0426. The first kappa shape index (κ1) is 9.92. The van der Waals surface area contributed by atoms with Crippen LogP contribution in [0.25, 0.3) is 5.69 Å².